The Bertz CT molecular complexity index is 211. The van der Waals surface area contributed by atoms with Crippen molar-refractivity contribution in [3.8, 4) is 0 Å². The second-order valence-corrected chi connectivity index (χ2v) is 6.31. The van der Waals surface area contributed by atoms with Crippen molar-refractivity contribution in [2.24, 2.45) is 11.3 Å². The quantitative estimate of drug-likeness (QED) is 0.798. The molecule has 1 N–H and O–H groups in total. The smallest absolute Gasteiger partial charge is 0.0589 e. The molecule has 2 aliphatic rings. The maximum absolute atomic E-state index is 9.43. The fourth-order valence-corrected chi connectivity index (χ4v) is 3.59. The van der Waals surface area contributed by atoms with Crippen LogP contribution in [0.3, 0.4) is 0 Å². The number of aliphatic hydroxyl groups excluding tert-OH is 1. The third kappa shape index (κ3) is 2.43. The monoisotopic (exact) mass is 225 g/mol. The zero-order chi connectivity index (χ0) is 11.6. The second-order valence-electron chi connectivity index (χ2n) is 6.31. The molecule has 16 heavy (non-hydrogen) atoms. The lowest BCUT2D eigenvalue weighted by atomic mass is 9.72. The van der Waals surface area contributed by atoms with E-state index in [1.54, 1.807) is 0 Å². The Morgan fingerprint density at radius 3 is 2.06 bits per heavy atom. The van der Waals surface area contributed by atoms with Crippen molar-refractivity contribution in [3.05, 3.63) is 0 Å². The van der Waals surface area contributed by atoms with Crippen LogP contribution >= 0.6 is 0 Å². The minimum atomic E-state index is 0.327. The molecule has 1 aliphatic heterocycles. The fraction of sp³-hybridized carbons (Fsp3) is 1.00. The van der Waals surface area contributed by atoms with Gasteiger partial charge in [-0.1, -0.05) is 39.5 Å². The predicted octanol–water partition coefficient (Wildman–Crippen LogP) is 2.66. The number of hydrogen-bond donors (Lipinski definition) is 1. The van der Waals surface area contributed by atoms with Crippen LogP contribution in [0.25, 0.3) is 0 Å². The maximum atomic E-state index is 9.43. The highest BCUT2D eigenvalue weighted by atomic mass is 16.3. The topological polar surface area (TPSA) is 23.5 Å². The molecule has 2 heteroatoms. The molecule has 2 rings (SSSR count). The Kier molecular flexibility index (Phi) is 3.91. The molecule has 1 atom stereocenters. The zero-order valence-corrected chi connectivity index (χ0v) is 10.9. The average molecular weight is 225 g/mol. The van der Waals surface area contributed by atoms with Gasteiger partial charge >= 0.3 is 0 Å². The molecule has 1 spiro atoms. The number of nitrogens with zero attached hydrogens (tertiary/aromatic N) is 1. The van der Waals surface area contributed by atoms with Crippen LogP contribution in [0.15, 0.2) is 0 Å². The van der Waals surface area contributed by atoms with Gasteiger partial charge in [0.2, 0.25) is 0 Å². The average Bonchev–Trinajstić information content (AvgIpc) is 2.43. The summed E-state index contributed by atoms with van der Waals surface area (Å²) in [6, 6.07) is 0.397. The first-order valence-electron chi connectivity index (χ1n) is 7.02. The standard InChI is InChI=1S/C14H27NO/c1-12(2)13(9-16)15-10-14(11-15)7-5-3-4-6-8-14/h12-13,16H,3-11H2,1-2H3/t13-/m0/s1. The second kappa shape index (κ2) is 5.05. The van der Waals surface area contributed by atoms with Gasteiger partial charge in [0.05, 0.1) is 6.61 Å². The molecule has 0 amide bonds. The molecule has 2 nitrogen and oxygen atoms in total. The van der Waals surface area contributed by atoms with E-state index in [9.17, 15) is 5.11 Å². The Morgan fingerprint density at radius 1 is 1.06 bits per heavy atom. The largest absolute Gasteiger partial charge is 0.395 e. The van der Waals surface area contributed by atoms with Gasteiger partial charge < -0.3 is 5.11 Å². The van der Waals surface area contributed by atoms with E-state index in [1.807, 2.05) is 0 Å². The summed E-state index contributed by atoms with van der Waals surface area (Å²) < 4.78 is 0. The van der Waals surface area contributed by atoms with Crippen LogP contribution in [-0.2, 0) is 0 Å². The molecule has 1 aliphatic carbocycles. The van der Waals surface area contributed by atoms with Gasteiger partial charge in [0, 0.05) is 19.1 Å². The van der Waals surface area contributed by atoms with E-state index in [4.69, 9.17) is 0 Å². The van der Waals surface area contributed by atoms with Gasteiger partial charge in [-0.05, 0) is 24.2 Å². The molecule has 1 saturated carbocycles. The fourth-order valence-electron chi connectivity index (χ4n) is 3.59. The minimum Gasteiger partial charge on any atom is -0.395 e. The van der Waals surface area contributed by atoms with Crippen molar-refractivity contribution < 1.29 is 5.11 Å². The molecule has 2 fully saturated rings. The van der Waals surface area contributed by atoms with Crippen molar-refractivity contribution in [2.75, 3.05) is 19.7 Å². The number of rotatable bonds is 3. The summed E-state index contributed by atoms with van der Waals surface area (Å²) >= 11 is 0. The van der Waals surface area contributed by atoms with Crippen LogP contribution in [0.1, 0.15) is 52.4 Å². The molecule has 0 aromatic heterocycles. The van der Waals surface area contributed by atoms with Crippen LogP contribution < -0.4 is 0 Å². The molecular formula is C14H27NO. The van der Waals surface area contributed by atoms with Gasteiger partial charge in [0.25, 0.3) is 0 Å². The molecule has 0 aromatic rings. The molecule has 1 saturated heterocycles. The summed E-state index contributed by atoms with van der Waals surface area (Å²) in [5.41, 5.74) is 0.638. The van der Waals surface area contributed by atoms with E-state index in [2.05, 4.69) is 18.7 Å². The zero-order valence-electron chi connectivity index (χ0n) is 10.9. The first kappa shape index (κ1) is 12.4. The SMILES string of the molecule is CC(C)[C@H](CO)N1CC2(CCCCCC2)C1. The Balaban J connectivity index is 1.87. The summed E-state index contributed by atoms with van der Waals surface area (Å²) in [5, 5.41) is 9.43. The van der Waals surface area contributed by atoms with Crippen LogP contribution in [0.5, 0.6) is 0 Å². The first-order chi connectivity index (χ1) is 7.67. The van der Waals surface area contributed by atoms with Crippen molar-refractivity contribution in [2.45, 2.75) is 58.4 Å². The molecular weight excluding hydrogens is 198 g/mol. The van der Waals surface area contributed by atoms with E-state index >= 15 is 0 Å². The van der Waals surface area contributed by atoms with Gasteiger partial charge in [-0.2, -0.15) is 0 Å². The van der Waals surface area contributed by atoms with Crippen molar-refractivity contribution in [1.29, 1.82) is 0 Å². The third-order valence-corrected chi connectivity index (χ3v) is 4.67. The number of aliphatic hydroxyl groups is 1. The molecule has 94 valence electrons. The molecule has 0 aromatic carbocycles. The highest BCUT2D eigenvalue weighted by molar-refractivity contribution is 4.98. The maximum Gasteiger partial charge on any atom is 0.0589 e. The van der Waals surface area contributed by atoms with Gasteiger partial charge in [0.15, 0.2) is 0 Å². The van der Waals surface area contributed by atoms with Crippen molar-refractivity contribution >= 4 is 0 Å². The van der Waals surface area contributed by atoms with E-state index in [-0.39, 0.29) is 0 Å². The summed E-state index contributed by atoms with van der Waals surface area (Å²) in [5.74, 6) is 0.577. The third-order valence-electron chi connectivity index (χ3n) is 4.67. The van der Waals surface area contributed by atoms with E-state index in [0.29, 0.717) is 24.0 Å². The molecule has 0 radical (unpaired) electrons. The van der Waals surface area contributed by atoms with E-state index < -0.39 is 0 Å². The Morgan fingerprint density at radius 2 is 1.62 bits per heavy atom. The Hall–Kier alpha value is -0.0800. The van der Waals surface area contributed by atoms with Crippen LogP contribution in [0.2, 0.25) is 0 Å². The summed E-state index contributed by atoms with van der Waals surface area (Å²) in [7, 11) is 0. The minimum absolute atomic E-state index is 0.327. The van der Waals surface area contributed by atoms with E-state index in [1.165, 1.54) is 51.6 Å². The first-order valence-corrected chi connectivity index (χ1v) is 7.02. The van der Waals surface area contributed by atoms with Gasteiger partial charge in [-0.25, -0.2) is 0 Å². The summed E-state index contributed by atoms with van der Waals surface area (Å²) in [6.45, 7) is 7.26. The van der Waals surface area contributed by atoms with Gasteiger partial charge in [-0.3, -0.25) is 4.90 Å². The predicted molar refractivity (Wildman–Crippen MR) is 67.4 cm³/mol. The van der Waals surface area contributed by atoms with Crippen molar-refractivity contribution in [3.63, 3.8) is 0 Å². The Labute approximate surface area is 100 Å². The van der Waals surface area contributed by atoms with Crippen LogP contribution in [0.4, 0.5) is 0 Å². The van der Waals surface area contributed by atoms with Crippen LogP contribution in [0, 0.1) is 11.3 Å². The molecule has 0 bridgehead atoms. The number of hydrogen-bond acceptors (Lipinski definition) is 2. The summed E-state index contributed by atoms with van der Waals surface area (Å²) in [6.07, 6.45) is 8.60. The highest BCUT2D eigenvalue weighted by Crippen LogP contribution is 2.44. The van der Waals surface area contributed by atoms with Gasteiger partial charge in [-0.15, -0.1) is 0 Å². The lowest BCUT2D eigenvalue weighted by Crippen LogP contribution is -2.61. The number of likely N-dealkylation sites (tertiary alicyclic amines) is 1. The molecule has 1 heterocycles. The lowest BCUT2D eigenvalue weighted by Gasteiger charge is -2.54. The van der Waals surface area contributed by atoms with E-state index in [0.717, 1.165) is 0 Å². The van der Waals surface area contributed by atoms with Gasteiger partial charge in [0.1, 0.15) is 0 Å². The molecule has 0 unspecified atom stereocenters. The highest BCUT2D eigenvalue weighted by Gasteiger charge is 2.45. The van der Waals surface area contributed by atoms with Crippen molar-refractivity contribution in [1.82, 2.24) is 4.90 Å². The van der Waals surface area contributed by atoms with Crippen LogP contribution in [-0.4, -0.2) is 35.7 Å². The lowest BCUT2D eigenvalue weighted by molar-refractivity contribution is -0.0674. The normalized spacial score (nSPS) is 27.8. The summed E-state index contributed by atoms with van der Waals surface area (Å²) in [4.78, 5) is 2.51.